The summed E-state index contributed by atoms with van der Waals surface area (Å²) in [6.07, 6.45) is 9.67. The second-order valence-corrected chi connectivity index (χ2v) is 10.7. The molecule has 3 heterocycles. The number of nitrogens with one attached hydrogen (secondary N) is 2. The van der Waals surface area contributed by atoms with Gasteiger partial charge in [0, 0.05) is 38.6 Å². The quantitative estimate of drug-likeness (QED) is 0.298. The van der Waals surface area contributed by atoms with Gasteiger partial charge in [0.15, 0.2) is 0 Å². The van der Waals surface area contributed by atoms with Gasteiger partial charge in [0.2, 0.25) is 5.91 Å². The van der Waals surface area contributed by atoms with Crippen molar-refractivity contribution in [1.82, 2.24) is 20.2 Å². The highest BCUT2D eigenvalue weighted by molar-refractivity contribution is 6.40. The molecule has 1 atom stereocenters. The number of unbranched alkanes of at least 4 members (excludes halogenated alkanes) is 3. The van der Waals surface area contributed by atoms with E-state index in [0.717, 1.165) is 49.2 Å². The Hall–Kier alpha value is -3.33. The monoisotopic (exact) mass is 549 g/mol. The van der Waals surface area contributed by atoms with E-state index in [2.05, 4.69) is 15.3 Å². The normalized spacial score (nSPS) is 17.2. The first-order valence-electron chi connectivity index (χ1n) is 14.9. The molecular weight excluding hydrogens is 506 g/mol. The number of hydrogen-bond acceptors (Lipinski definition) is 6. The third-order valence-electron chi connectivity index (χ3n) is 7.97. The van der Waals surface area contributed by atoms with E-state index in [1.807, 2.05) is 50.4 Å². The van der Waals surface area contributed by atoms with Crippen LogP contribution in [0, 0.1) is 0 Å². The van der Waals surface area contributed by atoms with Gasteiger partial charge in [-0.2, -0.15) is 0 Å². The number of aliphatic imine (C=N–C) groups is 1. The number of benzene rings is 1. The number of amides is 2. The molecule has 0 aliphatic carbocycles. The molecule has 2 aromatic rings. The van der Waals surface area contributed by atoms with Crippen molar-refractivity contribution < 1.29 is 19.1 Å². The molecule has 2 amide bonds. The highest BCUT2D eigenvalue weighted by Gasteiger charge is 2.47. The van der Waals surface area contributed by atoms with Crippen LogP contribution in [0.25, 0.3) is 11.3 Å². The Kier molecular flexibility index (Phi) is 10.6. The summed E-state index contributed by atoms with van der Waals surface area (Å²) in [7, 11) is 0. The Morgan fingerprint density at radius 3 is 2.55 bits per heavy atom. The van der Waals surface area contributed by atoms with Crippen LogP contribution in [0.3, 0.4) is 0 Å². The fraction of sp³-hybridized carbons (Fsp3) is 0.581. The largest absolute Gasteiger partial charge is 0.381 e. The number of rotatable bonds is 15. The summed E-state index contributed by atoms with van der Waals surface area (Å²) in [4.78, 5) is 52.5. The molecule has 2 aliphatic heterocycles. The molecule has 216 valence electrons. The van der Waals surface area contributed by atoms with Crippen LogP contribution < -0.4 is 5.32 Å². The fourth-order valence-corrected chi connectivity index (χ4v) is 5.56. The van der Waals surface area contributed by atoms with Crippen molar-refractivity contribution in [3.8, 4) is 11.3 Å². The molecule has 4 rings (SSSR count). The van der Waals surface area contributed by atoms with Crippen molar-refractivity contribution in [3.63, 3.8) is 0 Å². The fourth-order valence-electron chi connectivity index (χ4n) is 5.56. The molecule has 40 heavy (non-hydrogen) atoms. The molecule has 1 aromatic heterocycles. The summed E-state index contributed by atoms with van der Waals surface area (Å²) in [5.41, 5.74) is 1.95. The summed E-state index contributed by atoms with van der Waals surface area (Å²) < 4.78 is 5.54. The summed E-state index contributed by atoms with van der Waals surface area (Å²) in [6.45, 7) is 5.30. The first-order chi connectivity index (χ1) is 19.5. The summed E-state index contributed by atoms with van der Waals surface area (Å²) in [6, 6.07) is 9.72. The second-order valence-electron chi connectivity index (χ2n) is 10.7. The minimum Gasteiger partial charge on any atom is -0.381 e. The van der Waals surface area contributed by atoms with Crippen molar-refractivity contribution in [2.45, 2.75) is 96.2 Å². The maximum absolute atomic E-state index is 13.2. The first kappa shape index (κ1) is 29.6. The number of nitrogens with zero attached hydrogens (tertiary/aromatic N) is 3. The molecule has 1 aromatic carbocycles. The minimum absolute atomic E-state index is 0.0613. The van der Waals surface area contributed by atoms with Gasteiger partial charge < -0.3 is 19.9 Å². The lowest BCUT2D eigenvalue weighted by Crippen LogP contribution is -2.51. The van der Waals surface area contributed by atoms with Crippen molar-refractivity contribution in [1.29, 1.82) is 0 Å². The number of carbonyl (C=O) groups is 3. The van der Waals surface area contributed by atoms with E-state index >= 15 is 0 Å². The van der Waals surface area contributed by atoms with Gasteiger partial charge in [-0.3, -0.25) is 19.4 Å². The molecule has 1 fully saturated rings. The van der Waals surface area contributed by atoms with E-state index in [1.165, 1.54) is 0 Å². The number of ketones is 1. The number of Topliss-reactive ketones (excluding diaryl/α,β-unsaturated/α-hetero) is 1. The molecule has 9 nitrogen and oxygen atoms in total. The maximum Gasteiger partial charge on any atom is 0.269 e. The molecule has 0 bridgehead atoms. The molecule has 2 aliphatic rings. The number of ether oxygens (including phenoxy) is 1. The van der Waals surface area contributed by atoms with Crippen LogP contribution in [0.15, 0.2) is 41.5 Å². The van der Waals surface area contributed by atoms with Gasteiger partial charge in [0.25, 0.3) is 5.91 Å². The summed E-state index contributed by atoms with van der Waals surface area (Å²) in [5, 5.41) is 3.18. The van der Waals surface area contributed by atoms with Crippen molar-refractivity contribution >= 4 is 23.3 Å². The van der Waals surface area contributed by atoms with Crippen molar-refractivity contribution in [2.75, 3.05) is 19.8 Å². The minimum atomic E-state index is -0.578. The van der Waals surface area contributed by atoms with E-state index in [4.69, 9.17) is 9.73 Å². The lowest BCUT2D eigenvalue weighted by molar-refractivity contribution is -0.132. The van der Waals surface area contributed by atoms with Crippen LogP contribution in [0.1, 0.15) is 96.3 Å². The smallest absolute Gasteiger partial charge is 0.269 e. The van der Waals surface area contributed by atoms with Gasteiger partial charge in [-0.05, 0) is 24.8 Å². The van der Waals surface area contributed by atoms with Crippen LogP contribution in [0.2, 0.25) is 0 Å². The predicted molar refractivity (Wildman–Crippen MR) is 155 cm³/mol. The van der Waals surface area contributed by atoms with Gasteiger partial charge in [0.05, 0.1) is 31.1 Å². The molecule has 1 saturated heterocycles. The zero-order valence-corrected chi connectivity index (χ0v) is 23.9. The van der Waals surface area contributed by atoms with Crippen LogP contribution >= 0.6 is 0 Å². The van der Waals surface area contributed by atoms with E-state index < -0.39 is 5.66 Å². The van der Waals surface area contributed by atoms with Crippen molar-refractivity contribution in [3.05, 3.63) is 42.4 Å². The SMILES string of the molecule is CCC(=O)CCCCCC[C@H](NC(=O)CCN1C(=O)C(CC)=NC12CCOCC2)c1ncc(-c2ccccc2)[nH]1. The Morgan fingerprint density at radius 1 is 1.07 bits per heavy atom. The van der Waals surface area contributed by atoms with Crippen LogP contribution in [0.5, 0.6) is 0 Å². The first-order valence-corrected chi connectivity index (χ1v) is 14.9. The van der Waals surface area contributed by atoms with Gasteiger partial charge in [-0.15, -0.1) is 0 Å². The lowest BCUT2D eigenvalue weighted by Gasteiger charge is -2.39. The van der Waals surface area contributed by atoms with Gasteiger partial charge in [0.1, 0.15) is 23.0 Å². The zero-order valence-electron chi connectivity index (χ0n) is 23.9. The van der Waals surface area contributed by atoms with Gasteiger partial charge in [-0.25, -0.2) is 4.98 Å². The van der Waals surface area contributed by atoms with Crippen LogP contribution in [-0.2, 0) is 19.1 Å². The number of H-pyrrole nitrogens is 1. The number of aromatic amines is 1. The third-order valence-corrected chi connectivity index (χ3v) is 7.97. The predicted octanol–water partition coefficient (Wildman–Crippen LogP) is 5.14. The average Bonchev–Trinajstić information content (AvgIpc) is 3.57. The standard InChI is InChI=1S/C31H43N5O4/c1-3-24(37)14-10-5-6-11-15-26(29-32-22-27(34-29)23-12-8-7-9-13-23)33-28(38)16-19-36-30(39)25(4-2)35-31(36)17-20-40-21-18-31/h7-9,12-13,22,26H,3-6,10-11,14-21H2,1-2H3,(H,32,34)(H,33,38)/t26-/m0/s1. The number of aromatic nitrogens is 2. The third kappa shape index (κ3) is 7.44. The molecule has 2 N–H and O–H groups in total. The molecule has 9 heteroatoms. The van der Waals surface area contributed by atoms with Crippen LogP contribution in [0.4, 0.5) is 0 Å². The second kappa shape index (κ2) is 14.3. The highest BCUT2D eigenvalue weighted by atomic mass is 16.5. The highest BCUT2D eigenvalue weighted by Crippen LogP contribution is 2.35. The van der Waals surface area contributed by atoms with Crippen LogP contribution in [-0.4, -0.2) is 63.6 Å². The number of imidazole rings is 1. The molecular formula is C31H43N5O4. The summed E-state index contributed by atoms with van der Waals surface area (Å²) >= 11 is 0. The Morgan fingerprint density at radius 2 is 1.82 bits per heavy atom. The summed E-state index contributed by atoms with van der Waals surface area (Å²) in [5.74, 6) is 0.859. The van der Waals surface area contributed by atoms with Crippen molar-refractivity contribution in [2.24, 2.45) is 4.99 Å². The maximum atomic E-state index is 13.2. The zero-order chi connectivity index (χ0) is 28.4. The Bertz CT molecular complexity index is 1170. The molecule has 0 unspecified atom stereocenters. The topological polar surface area (TPSA) is 117 Å². The Labute approximate surface area is 237 Å². The average molecular weight is 550 g/mol. The number of hydrogen-bond donors (Lipinski definition) is 2. The van der Waals surface area contributed by atoms with E-state index in [0.29, 0.717) is 63.4 Å². The Balaban J connectivity index is 1.38. The van der Waals surface area contributed by atoms with Gasteiger partial charge in [-0.1, -0.05) is 63.4 Å². The lowest BCUT2D eigenvalue weighted by atomic mass is 9.99. The van der Waals surface area contributed by atoms with E-state index in [9.17, 15) is 14.4 Å². The van der Waals surface area contributed by atoms with E-state index in [-0.39, 0.29) is 24.3 Å². The number of carbonyl (C=O) groups excluding carboxylic acids is 3. The van der Waals surface area contributed by atoms with Gasteiger partial charge >= 0.3 is 0 Å². The van der Waals surface area contributed by atoms with E-state index in [1.54, 1.807) is 4.90 Å². The molecule has 0 saturated carbocycles. The molecule has 0 radical (unpaired) electrons. The molecule has 1 spiro atoms.